The molecule has 1 aromatic heterocycles. The molecule has 1 aliphatic heterocycles. The molecule has 0 spiro atoms. The lowest BCUT2D eigenvalue weighted by atomic mass is 10.1. The van der Waals surface area contributed by atoms with Crippen molar-refractivity contribution in [1.29, 1.82) is 0 Å². The van der Waals surface area contributed by atoms with E-state index in [1.165, 1.54) is 18.3 Å². The van der Waals surface area contributed by atoms with Gasteiger partial charge in [0.15, 0.2) is 0 Å². The quantitative estimate of drug-likeness (QED) is 0.827. The number of aromatic carboxylic acids is 1. The van der Waals surface area contributed by atoms with Gasteiger partial charge in [0, 0.05) is 25.9 Å². The van der Waals surface area contributed by atoms with E-state index in [-0.39, 0.29) is 11.9 Å². The van der Waals surface area contributed by atoms with Gasteiger partial charge in [0.1, 0.15) is 4.88 Å². The van der Waals surface area contributed by atoms with Gasteiger partial charge in [-0.25, -0.2) is 4.79 Å². The number of anilines is 2. The van der Waals surface area contributed by atoms with Crippen molar-refractivity contribution in [2.24, 2.45) is 0 Å². The number of hydrogen-bond acceptors (Lipinski definition) is 4. The van der Waals surface area contributed by atoms with Crippen molar-refractivity contribution in [3.63, 3.8) is 0 Å². The Bertz CT molecular complexity index is 483. The highest BCUT2D eigenvalue weighted by atomic mass is 32.1. The average Bonchev–Trinajstić information content (AvgIpc) is 2.61. The number of nitrogens with zero attached hydrogens (tertiary/aromatic N) is 2. The van der Waals surface area contributed by atoms with E-state index in [4.69, 9.17) is 5.11 Å². The van der Waals surface area contributed by atoms with Crippen molar-refractivity contribution in [3.05, 3.63) is 10.3 Å². The summed E-state index contributed by atoms with van der Waals surface area (Å²) in [6.45, 7) is 4.10. The summed E-state index contributed by atoms with van der Waals surface area (Å²) >= 11 is 1.17. The first kappa shape index (κ1) is 11.9. The molecule has 6 heteroatoms. The maximum Gasteiger partial charge on any atom is 0.348 e. The molecular weight excluding hydrogens is 240 g/mol. The van der Waals surface area contributed by atoms with Gasteiger partial charge in [0.25, 0.3) is 0 Å². The van der Waals surface area contributed by atoms with Crippen molar-refractivity contribution in [2.45, 2.75) is 19.9 Å². The van der Waals surface area contributed by atoms with Crippen LogP contribution in [0.15, 0.2) is 5.38 Å². The molecule has 1 aliphatic rings. The van der Waals surface area contributed by atoms with Gasteiger partial charge in [-0.3, -0.25) is 4.79 Å². The second-order valence-corrected chi connectivity index (χ2v) is 5.10. The summed E-state index contributed by atoms with van der Waals surface area (Å²) in [6.07, 6.45) is 0. The zero-order valence-electron chi connectivity index (χ0n) is 9.93. The normalized spacial score (nSPS) is 19.1. The lowest BCUT2D eigenvalue weighted by Gasteiger charge is -2.38. The fourth-order valence-corrected chi connectivity index (χ4v) is 3.25. The maximum absolute atomic E-state index is 11.6. The Morgan fingerprint density at radius 3 is 2.71 bits per heavy atom. The molecule has 1 amide bonds. The van der Waals surface area contributed by atoms with Crippen molar-refractivity contribution in [1.82, 2.24) is 0 Å². The van der Waals surface area contributed by atoms with Gasteiger partial charge >= 0.3 is 5.97 Å². The summed E-state index contributed by atoms with van der Waals surface area (Å²) in [7, 11) is 1.85. The molecule has 1 N–H and O–H groups in total. The Kier molecular flexibility index (Phi) is 2.82. The molecule has 92 valence electrons. The summed E-state index contributed by atoms with van der Waals surface area (Å²) in [5.41, 5.74) is 1.36. The first-order valence-corrected chi connectivity index (χ1v) is 6.17. The molecule has 2 heterocycles. The number of carbonyl (C=O) groups is 2. The van der Waals surface area contributed by atoms with Gasteiger partial charge in [0.2, 0.25) is 5.91 Å². The third-order valence-corrected chi connectivity index (χ3v) is 3.84. The summed E-state index contributed by atoms with van der Waals surface area (Å²) in [6, 6.07) is 0.0567. The smallest absolute Gasteiger partial charge is 0.348 e. The molecule has 1 aromatic rings. The van der Waals surface area contributed by atoms with Crippen LogP contribution in [0.25, 0.3) is 0 Å². The summed E-state index contributed by atoms with van der Waals surface area (Å²) in [4.78, 5) is 26.6. The monoisotopic (exact) mass is 254 g/mol. The fraction of sp³-hybridized carbons (Fsp3) is 0.455. The third kappa shape index (κ3) is 1.78. The van der Waals surface area contributed by atoms with Gasteiger partial charge < -0.3 is 14.9 Å². The minimum Gasteiger partial charge on any atom is -0.477 e. The molecule has 0 saturated heterocycles. The Hall–Kier alpha value is -1.56. The number of amides is 1. The summed E-state index contributed by atoms with van der Waals surface area (Å²) in [5, 5.41) is 10.9. The molecule has 1 atom stereocenters. The van der Waals surface area contributed by atoms with Crippen LogP contribution in [-0.2, 0) is 4.79 Å². The molecule has 0 radical (unpaired) electrons. The standard InChI is InChI=1S/C11H14N2O3S/c1-6-4-12(3)9-8(13(6)7(2)14)5-17-10(9)11(15)16/h5-6H,4H2,1-3H3,(H,15,16). The van der Waals surface area contributed by atoms with Crippen LogP contribution >= 0.6 is 11.3 Å². The Morgan fingerprint density at radius 1 is 1.53 bits per heavy atom. The van der Waals surface area contributed by atoms with Gasteiger partial charge in [-0.05, 0) is 6.92 Å². The second kappa shape index (κ2) is 4.03. The molecule has 0 aliphatic carbocycles. The van der Waals surface area contributed by atoms with Gasteiger partial charge in [-0.2, -0.15) is 0 Å². The lowest BCUT2D eigenvalue weighted by Crippen LogP contribution is -2.48. The Morgan fingerprint density at radius 2 is 2.18 bits per heavy atom. The third-order valence-electron chi connectivity index (χ3n) is 2.90. The summed E-state index contributed by atoms with van der Waals surface area (Å²) in [5.74, 6) is -0.997. The number of carbonyl (C=O) groups excluding carboxylic acids is 1. The average molecular weight is 254 g/mol. The predicted molar refractivity (Wildman–Crippen MR) is 67.2 cm³/mol. The highest BCUT2D eigenvalue weighted by Gasteiger charge is 2.33. The van der Waals surface area contributed by atoms with Crippen LogP contribution in [0, 0.1) is 0 Å². The first-order chi connectivity index (χ1) is 7.93. The number of carboxylic acid groups (broad SMARTS) is 1. The molecule has 0 fully saturated rings. The molecule has 0 aromatic carbocycles. The molecular formula is C11H14N2O3S. The molecule has 0 bridgehead atoms. The maximum atomic E-state index is 11.6. The highest BCUT2D eigenvalue weighted by Crippen LogP contribution is 2.42. The molecule has 5 nitrogen and oxygen atoms in total. The van der Waals surface area contributed by atoms with E-state index in [9.17, 15) is 9.59 Å². The number of thiophene rings is 1. The SMILES string of the molecule is CC(=O)N1c2csc(C(=O)O)c2N(C)CC1C. The van der Waals surface area contributed by atoms with Crippen LogP contribution in [-0.4, -0.2) is 36.6 Å². The van der Waals surface area contributed by atoms with E-state index in [1.807, 2.05) is 18.9 Å². The van der Waals surface area contributed by atoms with Gasteiger partial charge in [-0.15, -0.1) is 11.3 Å². The first-order valence-electron chi connectivity index (χ1n) is 5.29. The van der Waals surface area contributed by atoms with Gasteiger partial charge in [0.05, 0.1) is 17.4 Å². The molecule has 0 saturated carbocycles. The predicted octanol–water partition coefficient (Wildman–Crippen LogP) is 1.64. The van der Waals surface area contributed by atoms with Crippen molar-refractivity contribution in [2.75, 3.05) is 23.4 Å². The number of carboxylic acids is 1. The van der Waals surface area contributed by atoms with E-state index in [1.54, 1.807) is 10.3 Å². The lowest BCUT2D eigenvalue weighted by molar-refractivity contribution is -0.117. The number of hydrogen-bond donors (Lipinski definition) is 1. The van der Waals surface area contributed by atoms with E-state index < -0.39 is 5.97 Å². The molecule has 2 rings (SSSR count). The van der Waals surface area contributed by atoms with E-state index in [2.05, 4.69) is 0 Å². The zero-order chi connectivity index (χ0) is 12.7. The van der Waals surface area contributed by atoms with Crippen LogP contribution in [0.5, 0.6) is 0 Å². The number of rotatable bonds is 1. The topological polar surface area (TPSA) is 60.9 Å². The summed E-state index contributed by atoms with van der Waals surface area (Å²) < 4.78 is 0. The fourth-order valence-electron chi connectivity index (χ4n) is 2.32. The Labute approximate surface area is 103 Å². The molecule has 1 unspecified atom stereocenters. The largest absolute Gasteiger partial charge is 0.477 e. The van der Waals surface area contributed by atoms with Crippen LogP contribution in [0.1, 0.15) is 23.5 Å². The van der Waals surface area contributed by atoms with Crippen molar-refractivity contribution >= 4 is 34.6 Å². The minimum atomic E-state index is -0.943. The highest BCUT2D eigenvalue weighted by molar-refractivity contribution is 7.13. The second-order valence-electron chi connectivity index (χ2n) is 4.22. The van der Waals surface area contributed by atoms with E-state index >= 15 is 0 Å². The van der Waals surface area contributed by atoms with Crippen molar-refractivity contribution in [3.8, 4) is 0 Å². The van der Waals surface area contributed by atoms with Crippen LogP contribution in [0.2, 0.25) is 0 Å². The zero-order valence-corrected chi connectivity index (χ0v) is 10.7. The van der Waals surface area contributed by atoms with Crippen LogP contribution in [0.3, 0.4) is 0 Å². The minimum absolute atomic E-state index is 0.0541. The van der Waals surface area contributed by atoms with Gasteiger partial charge in [-0.1, -0.05) is 0 Å². The van der Waals surface area contributed by atoms with E-state index in [0.717, 1.165) is 0 Å². The van der Waals surface area contributed by atoms with Crippen LogP contribution < -0.4 is 9.80 Å². The number of likely N-dealkylation sites (N-methyl/N-ethyl adjacent to an activating group) is 1. The van der Waals surface area contributed by atoms with E-state index in [0.29, 0.717) is 22.8 Å². The number of fused-ring (bicyclic) bond motifs is 1. The van der Waals surface area contributed by atoms with Crippen molar-refractivity contribution < 1.29 is 14.7 Å². The molecule has 17 heavy (non-hydrogen) atoms. The van der Waals surface area contributed by atoms with Crippen LogP contribution in [0.4, 0.5) is 11.4 Å². The Balaban J connectivity index is 2.57.